The fourth-order valence-electron chi connectivity index (χ4n) is 10.00. The molecule has 0 aliphatic heterocycles. The zero-order valence-electron chi connectivity index (χ0n) is 32.9. The Morgan fingerprint density at radius 3 is 0.750 bits per heavy atom. The third-order valence-corrected chi connectivity index (χ3v) is 12.6. The molecule has 0 aromatic heterocycles. The van der Waals surface area contributed by atoms with Gasteiger partial charge in [-0.25, -0.2) is 0 Å². The summed E-state index contributed by atoms with van der Waals surface area (Å²) in [7, 11) is 0. The Hall–Kier alpha value is -7.80. The quantitative estimate of drug-likeness (QED) is 0.153. The Bertz CT molecular complexity index is 3300. The highest BCUT2D eigenvalue weighted by molar-refractivity contribution is 6.30. The molecule has 0 bridgehead atoms. The second-order valence-electron chi connectivity index (χ2n) is 15.9. The van der Waals surface area contributed by atoms with E-state index in [9.17, 15) is 0 Å². The summed E-state index contributed by atoms with van der Waals surface area (Å²) < 4.78 is 0. The molecule has 0 aliphatic rings. The van der Waals surface area contributed by atoms with Crippen molar-refractivity contribution in [2.24, 2.45) is 0 Å². The average Bonchev–Trinajstić information content (AvgIpc) is 3.32. The van der Waals surface area contributed by atoms with Crippen LogP contribution in [0.2, 0.25) is 0 Å². The topological polar surface area (TPSA) is 0 Å². The SMILES string of the molecule is c1ccc(-c2c3ccccc3c(-c3c4ccccc4c(-c4ccccc4-c4ccc5ccccc5c4)c4ccccc34)c3ccccc23)c(-c2ccc3ccccc3c2)c1. The molecule has 12 rings (SSSR count). The van der Waals surface area contributed by atoms with Crippen molar-refractivity contribution in [3.05, 3.63) is 231 Å². The lowest BCUT2D eigenvalue weighted by Crippen LogP contribution is -1.96. The first kappa shape index (κ1) is 34.3. The Labute approximate surface area is 349 Å². The number of fused-ring (bicyclic) bond motifs is 6. The highest BCUT2D eigenvalue weighted by Crippen LogP contribution is 2.52. The maximum Gasteiger partial charge on any atom is -0.00139 e. The smallest absolute Gasteiger partial charge is 0.00139 e. The first-order valence-corrected chi connectivity index (χ1v) is 20.8. The predicted molar refractivity (Wildman–Crippen MR) is 259 cm³/mol. The molecule has 0 N–H and O–H groups in total. The third kappa shape index (κ3) is 5.39. The van der Waals surface area contributed by atoms with E-state index in [4.69, 9.17) is 0 Å². The maximum atomic E-state index is 2.34. The summed E-state index contributed by atoms with van der Waals surface area (Å²) in [5.41, 5.74) is 12.5. The minimum Gasteiger partial charge on any atom is -0.0616 e. The van der Waals surface area contributed by atoms with Crippen molar-refractivity contribution in [1.82, 2.24) is 0 Å². The van der Waals surface area contributed by atoms with Crippen molar-refractivity contribution in [3.8, 4) is 55.6 Å². The van der Waals surface area contributed by atoms with Gasteiger partial charge in [0.05, 0.1) is 0 Å². The van der Waals surface area contributed by atoms with Crippen LogP contribution in [-0.4, -0.2) is 0 Å². The second kappa shape index (κ2) is 13.9. The summed E-state index contributed by atoms with van der Waals surface area (Å²) in [5.74, 6) is 0. The van der Waals surface area contributed by atoms with E-state index in [1.54, 1.807) is 0 Å². The van der Waals surface area contributed by atoms with Gasteiger partial charge in [-0.15, -0.1) is 0 Å². The summed E-state index contributed by atoms with van der Waals surface area (Å²) in [6.07, 6.45) is 0. The van der Waals surface area contributed by atoms with Gasteiger partial charge in [0.15, 0.2) is 0 Å². The van der Waals surface area contributed by atoms with Crippen LogP contribution in [0, 0.1) is 0 Å². The highest BCUT2D eigenvalue weighted by atomic mass is 14.3. The number of rotatable bonds is 5. The highest BCUT2D eigenvalue weighted by Gasteiger charge is 2.24. The minimum absolute atomic E-state index is 1.22. The standard InChI is InChI=1S/C60H38/c1-3-19-41-37-43(35-33-39(41)17-1)45-21-5-7-23-47(45)57-49-25-9-13-29-53(49)59(54-30-14-10-26-50(54)57)60-55-31-15-11-27-51(55)58(52-28-12-16-32-56(52)60)48-24-8-6-22-46(48)44-36-34-40-18-2-4-20-42(40)38-44/h1-38H. The molecule has 0 nitrogen and oxygen atoms in total. The molecular formula is C60H38. The molecule has 0 heteroatoms. The summed E-state index contributed by atoms with van der Waals surface area (Å²) in [5, 5.41) is 15.0. The van der Waals surface area contributed by atoms with Crippen molar-refractivity contribution in [3.63, 3.8) is 0 Å². The summed E-state index contributed by atoms with van der Waals surface area (Å²) in [4.78, 5) is 0. The van der Waals surface area contributed by atoms with Gasteiger partial charge in [0, 0.05) is 0 Å². The molecule has 0 atom stereocenters. The Kier molecular flexibility index (Phi) is 7.96. The maximum absolute atomic E-state index is 2.34. The predicted octanol–water partition coefficient (Wildman–Crippen LogP) is 16.9. The summed E-state index contributed by atoms with van der Waals surface area (Å²) >= 11 is 0. The molecule has 0 radical (unpaired) electrons. The van der Waals surface area contributed by atoms with E-state index < -0.39 is 0 Å². The van der Waals surface area contributed by atoms with Gasteiger partial charge in [0.2, 0.25) is 0 Å². The van der Waals surface area contributed by atoms with Crippen LogP contribution < -0.4 is 0 Å². The van der Waals surface area contributed by atoms with Crippen LogP contribution in [0.3, 0.4) is 0 Å². The van der Waals surface area contributed by atoms with Crippen LogP contribution in [0.5, 0.6) is 0 Å². The first-order chi connectivity index (χ1) is 29.8. The van der Waals surface area contributed by atoms with Gasteiger partial charge in [0.1, 0.15) is 0 Å². The molecular weight excluding hydrogens is 721 g/mol. The van der Waals surface area contributed by atoms with Gasteiger partial charge in [-0.1, -0.05) is 218 Å². The van der Waals surface area contributed by atoms with E-state index in [-0.39, 0.29) is 0 Å². The minimum atomic E-state index is 1.22. The average molecular weight is 759 g/mol. The van der Waals surface area contributed by atoms with Crippen LogP contribution >= 0.6 is 0 Å². The van der Waals surface area contributed by atoms with E-state index in [0.717, 1.165) is 0 Å². The van der Waals surface area contributed by atoms with Gasteiger partial charge in [0.25, 0.3) is 0 Å². The van der Waals surface area contributed by atoms with Gasteiger partial charge in [-0.2, -0.15) is 0 Å². The molecule has 12 aromatic carbocycles. The molecule has 0 saturated carbocycles. The second-order valence-corrected chi connectivity index (χ2v) is 15.9. The molecule has 0 spiro atoms. The molecule has 60 heavy (non-hydrogen) atoms. The third-order valence-electron chi connectivity index (χ3n) is 12.6. The zero-order chi connectivity index (χ0) is 39.6. The van der Waals surface area contributed by atoms with Crippen LogP contribution in [-0.2, 0) is 0 Å². The number of hydrogen-bond acceptors (Lipinski definition) is 0. The molecule has 0 unspecified atom stereocenters. The fraction of sp³-hybridized carbons (Fsp3) is 0. The molecule has 278 valence electrons. The van der Waals surface area contributed by atoms with E-state index >= 15 is 0 Å². The van der Waals surface area contributed by atoms with Gasteiger partial charge in [-0.05, 0) is 132 Å². The van der Waals surface area contributed by atoms with Crippen LogP contribution in [0.4, 0.5) is 0 Å². The van der Waals surface area contributed by atoms with Crippen molar-refractivity contribution < 1.29 is 0 Å². The summed E-state index contributed by atoms with van der Waals surface area (Å²) in [6, 6.07) is 85.2. The number of benzene rings is 12. The van der Waals surface area contributed by atoms with Crippen LogP contribution in [0.1, 0.15) is 0 Å². The lowest BCUT2D eigenvalue weighted by atomic mass is 9.79. The van der Waals surface area contributed by atoms with Gasteiger partial charge >= 0.3 is 0 Å². The number of hydrogen-bond donors (Lipinski definition) is 0. The Morgan fingerprint density at radius 1 is 0.167 bits per heavy atom. The van der Waals surface area contributed by atoms with Crippen molar-refractivity contribution in [2.75, 3.05) is 0 Å². The molecule has 0 amide bonds. The molecule has 0 fully saturated rings. The van der Waals surface area contributed by atoms with Crippen molar-refractivity contribution in [1.29, 1.82) is 0 Å². The monoisotopic (exact) mass is 758 g/mol. The summed E-state index contributed by atoms with van der Waals surface area (Å²) in [6.45, 7) is 0. The van der Waals surface area contributed by atoms with Crippen molar-refractivity contribution in [2.45, 2.75) is 0 Å². The lowest BCUT2D eigenvalue weighted by molar-refractivity contribution is 1.62. The normalized spacial score (nSPS) is 11.7. The largest absolute Gasteiger partial charge is 0.0616 e. The Balaban J connectivity index is 1.16. The first-order valence-electron chi connectivity index (χ1n) is 20.8. The molecule has 0 aliphatic carbocycles. The molecule has 0 saturated heterocycles. The molecule has 0 heterocycles. The van der Waals surface area contributed by atoms with Crippen LogP contribution in [0.15, 0.2) is 231 Å². The van der Waals surface area contributed by atoms with E-state index in [1.165, 1.54) is 120 Å². The Morgan fingerprint density at radius 2 is 0.417 bits per heavy atom. The fourth-order valence-corrected chi connectivity index (χ4v) is 10.00. The zero-order valence-corrected chi connectivity index (χ0v) is 32.9. The van der Waals surface area contributed by atoms with E-state index in [2.05, 4.69) is 231 Å². The molecule has 12 aromatic rings. The van der Waals surface area contributed by atoms with E-state index in [1.807, 2.05) is 0 Å². The van der Waals surface area contributed by atoms with Gasteiger partial charge < -0.3 is 0 Å². The lowest BCUT2D eigenvalue weighted by Gasteiger charge is -2.23. The van der Waals surface area contributed by atoms with Gasteiger partial charge in [-0.3, -0.25) is 0 Å². The van der Waals surface area contributed by atoms with E-state index in [0.29, 0.717) is 0 Å². The van der Waals surface area contributed by atoms with Crippen molar-refractivity contribution >= 4 is 64.6 Å². The van der Waals surface area contributed by atoms with Crippen LogP contribution in [0.25, 0.3) is 120 Å².